The van der Waals surface area contributed by atoms with Crippen molar-refractivity contribution >= 4 is 0 Å². The minimum atomic E-state index is 0.196. The molecule has 2 heteroatoms. The van der Waals surface area contributed by atoms with E-state index in [-0.39, 0.29) is 11.9 Å². The van der Waals surface area contributed by atoms with Gasteiger partial charge in [0.15, 0.2) is 0 Å². The molecule has 0 aliphatic heterocycles. The average Bonchev–Trinajstić information content (AvgIpc) is 2.17. The van der Waals surface area contributed by atoms with Crippen molar-refractivity contribution in [3.05, 3.63) is 42.5 Å². The highest BCUT2D eigenvalue weighted by molar-refractivity contribution is 5.25. The summed E-state index contributed by atoms with van der Waals surface area (Å²) in [6.45, 7) is 6.25. The van der Waals surface area contributed by atoms with Crippen LogP contribution in [0.15, 0.2) is 36.9 Å². The molecule has 1 atom stereocenters. The van der Waals surface area contributed by atoms with Gasteiger partial charge in [-0.1, -0.05) is 18.2 Å². The Morgan fingerprint density at radius 2 is 2.07 bits per heavy atom. The van der Waals surface area contributed by atoms with E-state index in [1.165, 1.54) is 0 Å². The van der Waals surface area contributed by atoms with Gasteiger partial charge in [-0.15, -0.1) is 6.58 Å². The number of ether oxygens (including phenoxy) is 1. The van der Waals surface area contributed by atoms with Crippen LogP contribution >= 0.6 is 0 Å². The van der Waals surface area contributed by atoms with E-state index >= 15 is 0 Å². The first-order valence-electron chi connectivity index (χ1n) is 4.72. The quantitative estimate of drug-likeness (QED) is 0.727. The van der Waals surface area contributed by atoms with Gasteiger partial charge in [0, 0.05) is 0 Å². The number of benzene rings is 1. The van der Waals surface area contributed by atoms with Crippen LogP contribution in [0.3, 0.4) is 0 Å². The van der Waals surface area contributed by atoms with E-state index in [0.29, 0.717) is 6.61 Å². The third kappa shape index (κ3) is 3.62. The molecule has 2 nitrogen and oxygen atoms in total. The molecule has 0 amide bonds. The van der Waals surface area contributed by atoms with Gasteiger partial charge >= 0.3 is 0 Å². The molecule has 0 spiro atoms. The lowest BCUT2D eigenvalue weighted by Gasteiger charge is -2.10. The fourth-order valence-electron chi connectivity index (χ4n) is 1.13. The molecule has 0 aliphatic rings. The second-order valence-corrected chi connectivity index (χ2v) is 3.31. The van der Waals surface area contributed by atoms with Crippen molar-refractivity contribution in [2.24, 2.45) is 0 Å². The molecule has 1 aromatic carbocycles. The fraction of sp³-hybridized carbons (Fsp3) is 0.333. The van der Waals surface area contributed by atoms with Crippen molar-refractivity contribution in [1.29, 1.82) is 0 Å². The molecular weight excluding hydrogens is 176 g/mol. The minimum Gasteiger partial charge on any atom is -0.508 e. The summed E-state index contributed by atoms with van der Waals surface area (Å²) in [7, 11) is 0. The monoisotopic (exact) mass is 192 g/mol. The number of phenolic OH excluding ortho intramolecular Hbond substituents is 1. The van der Waals surface area contributed by atoms with Gasteiger partial charge in [-0.2, -0.15) is 0 Å². The van der Waals surface area contributed by atoms with Crippen molar-refractivity contribution in [3.63, 3.8) is 0 Å². The van der Waals surface area contributed by atoms with E-state index in [0.717, 1.165) is 12.0 Å². The van der Waals surface area contributed by atoms with E-state index in [1.54, 1.807) is 12.1 Å². The molecule has 0 radical (unpaired) electrons. The molecule has 76 valence electrons. The van der Waals surface area contributed by atoms with Crippen molar-refractivity contribution < 1.29 is 9.84 Å². The lowest BCUT2D eigenvalue weighted by atomic mass is 10.2. The summed E-state index contributed by atoms with van der Waals surface area (Å²) >= 11 is 0. The zero-order valence-corrected chi connectivity index (χ0v) is 8.44. The Labute approximate surface area is 84.8 Å². The number of rotatable bonds is 5. The summed E-state index contributed by atoms with van der Waals surface area (Å²) in [5, 5.41) is 9.06. The molecule has 1 aromatic rings. The Bertz CT molecular complexity index is 277. The predicted molar refractivity (Wildman–Crippen MR) is 57.2 cm³/mol. The highest BCUT2D eigenvalue weighted by Crippen LogP contribution is 2.11. The fourth-order valence-corrected chi connectivity index (χ4v) is 1.13. The van der Waals surface area contributed by atoms with Gasteiger partial charge in [-0.25, -0.2) is 0 Å². The Balaban J connectivity index is 2.37. The molecule has 0 unspecified atom stereocenters. The first-order valence-corrected chi connectivity index (χ1v) is 4.72. The van der Waals surface area contributed by atoms with Gasteiger partial charge in [-0.3, -0.25) is 0 Å². The molecule has 0 aliphatic carbocycles. The zero-order chi connectivity index (χ0) is 10.4. The maximum atomic E-state index is 9.06. The summed E-state index contributed by atoms with van der Waals surface area (Å²) in [5.41, 5.74) is 1.07. The predicted octanol–water partition coefficient (Wildman–Crippen LogP) is 2.87. The number of phenols is 1. The number of hydrogen-bond donors (Lipinski definition) is 1. The lowest BCUT2D eigenvalue weighted by Crippen LogP contribution is -2.06. The first kappa shape index (κ1) is 10.8. The molecule has 0 fully saturated rings. The summed E-state index contributed by atoms with van der Waals surface area (Å²) in [6.07, 6.45) is 2.90. The number of hydrogen-bond acceptors (Lipinski definition) is 2. The topological polar surface area (TPSA) is 29.5 Å². The van der Waals surface area contributed by atoms with E-state index in [4.69, 9.17) is 9.84 Å². The Morgan fingerprint density at radius 1 is 1.43 bits per heavy atom. The standard InChI is InChI=1S/C12H16O2/c1-3-4-10(2)14-9-11-5-7-12(13)8-6-11/h3,5-8,10,13H,1,4,9H2,2H3/t10-/m1/s1. The van der Waals surface area contributed by atoms with Gasteiger partial charge in [0.25, 0.3) is 0 Å². The van der Waals surface area contributed by atoms with E-state index in [1.807, 2.05) is 25.1 Å². The van der Waals surface area contributed by atoms with Gasteiger partial charge in [-0.05, 0) is 31.0 Å². The van der Waals surface area contributed by atoms with E-state index in [9.17, 15) is 0 Å². The maximum absolute atomic E-state index is 9.06. The smallest absolute Gasteiger partial charge is 0.115 e. The average molecular weight is 192 g/mol. The molecule has 1 rings (SSSR count). The van der Waals surface area contributed by atoms with Crippen LogP contribution < -0.4 is 0 Å². The Kier molecular flexibility index (Phi) is 4.20. The second kappa shape index (κ2) is 5.45. The molecular formula is C12H16O2. The van der Waals surface area contributed by atoms with Crippen molar-refractivity contribution in [2.75, 3.05) is 0 Å². The summed E-state index contributed by atoms with van der Waals surface area (Å²) in [5.74, 6) is 0.285. The maximum Gasteiger partial charge on any atom is 0.115 e. The van der Waals surface area contributed by atoms with Crippen LogP contribution in [0.1, 0.15) is 18.9 Å². The van der Waals surface area contributed by atoms with Crippen LogP contribution in [0.25, 0.3) is 0 Å². The molecule has 14 heavy (non-hydrogen) atoms. The largest absolute Gasteiger partial charge is 0.508 e. The highest BCUT2D eigenvalue weighted by Gasteiger charge is 1.99. The number of aromatic hydroxyl groups is 1. The second-order valence-electron chi connectivity index (χ2n) is 3.31. The molecule has 1 N–H and O–H groups in total. The Morgan fingerprint density at radius 3 is 2.64 bits per heavy atom. The minimum absolute atomic E-state index is 0.196. The van der Waals surface area contributed by atoms with Gasteiger partial charge in [0.1, 0.15) is 5.75 Å². The molecule has 0 saturated heterocycles. The summed E-state index contributed by atoms with van der Waals surface area (Å²) < 4.78 is 5.56. The van der Waals surface area contributed by atoms with Crippen LogP contribution in [0.4, 0.5) is 0 Å². The van der Waals surface area contributed by atoms with E-state index in [2.05, 4.69) is 6.58 Å². The van der Waals surface area contributed by atoms with Crippen LogP contribution in [0.2, 0.25) is 0 Å². The third-order valence-corrected chi connectivity index (χ3v) is 1.97. The van der Waals surface area contributed by atoms with E-state index < -0.39 is 0 Å². The van der Waals surface area contributed by atoms with Crippen LogP contribution in [-0.4, -0.2) is 11.2 Å². The molecule has 0 heterocycles. The highest BCUT2D eigenvalue weighted by atomic mass is 16.5. The van der Waals surface area contributed by atoms with Gasteiger partial charge < -0.3 is 9.84 Å². The van der Waals surface area contributed by atoms with Crippen LogP contribution in [-0.2, 0) is 11.3 Å². The Hall–Kier alpha value is -1.28. The lowest BCUT2D eigenvalue weighted by molar-refractivity contribution is 0.0553. The SMILES string of the molecule is C=CC[C@@H](C)OCc1ccc(O)cc1. The van der Waals surface area contributed by atoms with Crippen molar-refractivity contribution in [1.82, 2.24) is 0 Å². The van der Waals surface area contributed by atoms with Gasteiger partial charge in [0.05, 0.1) is 12.7 Å². The van der Waals surface area contributed by atoms with Gasteiger partial charge in [0.2, 0.25) is 0 Å². The zero-order valence-electron chi connectivity index (χ0n) is 8.44. The molecule has 0 aromatic heterocycles. The normalized spacial score (nSPS) is 12.4. The van der Waals surface area contributed by atoms with Crippen molar-refractivity contribution in [2.45, 2.75) is 26.1 Å². The summed E-state index contributed by atoms with van der Waals surface area (Å²) in [6, 6.07) is 7.04. The van der Waals surface area contributed by atoms with Crippen molar-refractivity contribution in [3.8, 4) is 5.75 Å². The van der Waals surface area contributed by atoms with Crippen LogP contribution in [0, 0.1) is 0 Å². The molecule has 0 saturated carbocycles. The summed E-state index contributed by atoms with van der Waals surface area (Å²) in [4.78, 5) is 0. The molecule has 0 bridgehead atoms. The van der Waals surface area contributed by atoms with Crippen LogP contribution in [0.5, 0.6) is 5.75 Å². The first-order chi connectivity index (χ1) is 6.72. The third-order valence-electron chi connectivity index (χ3n) is 1.97.